The molecule has 0 radical (unpaired) electrons. The van der Waals surface area contributed by atoms with Crippen molar-refractivity contribution in [3.63, 3.8) is 0 Å². The van der Waals surface area contributed by atoms with Crippen molar-refractivity contribution in [3.8, 4) is 11.5 Å². The average molecular weight is 491 g/mol. The number of hydrogen-bond donors (Lipinski definition) is 1. The second-order valence-corrected chi connectivity index (χ2v) is 10.0. The molecule has 0 saturated carbocycles. The van der Waals surface area contributed by atoms with Gasteiger partial charge in [0, 0.05) is 24.2 Å². The van der Waals surface area contributed by atoms with Crippen molar-refractivity contribution in [2.45, 2.75) is 52.7 Å². The van der Waals surface area contributed by atoms with Crippen molar-refractivity contribution in [3.05, 3.63) is 75.3 Å². The van der Waals surface area contributed by atoms with Gasteiger partial charge in [0.1, 0.15) is 0 Å². The highest BCUT2D eigenvalue weighted by atomic mass is 16.5. The van der Waals surface area contributed by atoms with E-state index in [0.29, 0.717) is 36.7 Å². The fourth-order valence-electron chi connectivity index (χ4n) is 4.28. The number of rotatable bonds is 9. The molecule has 4 aromatic rings. The van der Waals surface area contributed by atoms with Gasteiger partial charge in [0.25, 0.3) is 5.56 Å². The molecule has 2 aromatic heterocycles. The van der Waals surface area contributed by atoms with Crippen LogP contribution in [0.15, 0.2) is 47.3 Å². The molecule has 0 spiro atoms. The highest BCUT2D eigenvalue weighted by molar-refractivity contribution is 5.79. The van der Waals surface area contributed by atoms with Gasteiger partial charge in [0.15, 0.2) is 17.3 Å². The van der Waals surface area contributed by atoms with Gasteiger partial charge in [-0.15, -0.1) is 5.10 Å². The van der Waals surface area contributed by atoms with E-state index in [0.717, 1.165) is 34.3 Å². The van der Waals surface area contributed by atoms with Gasteiger partial charge in [0.2, 0.25) is 0 Å². The molecule has 0 fully saturated rings. The van der Waals surface area contributed by atoms with Gasteiger partial charge >= 0.3 is 0 Å². The molecule has 0 amide bonds. The summed E-state index contributed by atoms with van der Waals surface area (Å²) < 4.78 is 12.7. The zero-order valence-electron chi connectivity index (χ0n) is 21.8. The lowest BCUT2D eigenvalue weighted by Gasteiger charge is -2.25. The molecule has 9 heteroatoms. The van der Waals surface area contributed by atoms with Crippen molar-refractivity contribution in [1.82, 2.24) is 30.1 Å². The number of H-pyrrole nitrogens is 1. The number of hydrogen-bond acceptors (Lipinski definition) is 7. The summed E-state index contributed by atoms with van der Waals surface area (Å²) in [7, 11) is 3.26. The number of benzene rings is 2. The van der Waals surface area contributed by atoms with E-state index in [4.69, 9.17) is 9.47 Å². The molecule has 4 rings (SSSR count). The fraction of sp³-hybridized carbons (Fsp3) is 0.407. The van der Waals surface area contributed by atoms with Crippen LogP contribution in [0.2, 0.25) is 0 Å². The Morgan fingerprint density at radius 3 is 2.50 bits per heavy atom. The Morgan fingerprint density at radius 1 is 1.00 bits per heavy atom. The van der Waals surface area contributed by atoms with Gasteiger partial charge in [-0.2, -0.15) is 0 Å². The predicted octanol–water partition coefficient (Wildman–Crippen LogP) is 3.84. The second kappa shape index (κ2) is 10.5. The average Bonchev–Trinajstić information content (AvgIpc) is 3.31. The van der Waals surface area contributed by atoms with Crippen molar-refractivity contribution >= 4 is 10.9 Å². The predicted molar refractivity (Wildman–Crippen MR) is 139 cm³/mol. The topological polar surface area (TPSA) is 98.2 Å². The minimum absolute atomic E-state index is 0.0837. The van der Waals surface area contributed by atoms with Crippen molar-refractivity contribution in [2.75, 3.05) is 20.8 Å². The van der Waals surface area contributed by atoms with Crippen LogP contribution in [0.4, 0.5) is 0 Å². The lowest BCUT2D eigenvalue weighted by molar-refractivity contribution is 0.233. The van der Waals surface area contributed by atoms with E-state index in [9.17, 15) is 4.79 Å². The maximum Gasteiger partial charge on any atom is 0.252 e. The van der Waals surface area contributed by atoms with E-state index in [2.05, 4.69) is 52.2 Å². The molecule has 190 valence electrons. The molecule has 1 N–H and O–H groups in total. The van der Waals surface area contributed by atoms with Crippen LogP contribution in [0, 0.1) is 6.92 Å². The van der Waals surface area contributed by atoms with Crippen LogP contribution in [0.1, 0.15) is 43.3 Å². The summed E-state index contributed by atoms with van der Waals surface area (Å²) in [6.07, 6.45) is 0.752. The van der Waals surface area contributed by atoms with Crippen molar-refractivity contribution in [2.24, 2.45) is 0 Å². The normalized spacial score (nSPS) is 11.9. The van der Waals surface area contributed by atoms with Crippen molar-refractivity contribution in [1.29, 1.82) is 0 Å². The number of methoxy groups -OCH3 is 2. The van der Waals surface area contributed by atoms with Gasteiger partial charge in [-0.25, -0.2) is 4.68 Å². The number of ether oxygens (including phenoxy) is 2. The zero-order valence-corrected chi connectivity index (χ0v) is 21.8. The molecule has 0 aliphatic carbocycles. The van der Waals surface area contributed by atoms with E-state index in [1.807, 2.05) is 48.0 Å². The third-order valence-electron chi connectivity index (χ3n) is 6.17. The first-order valence-electron chi connectivity index (χ1n) is 12.0. The number of aromatic nitrogens is 5. The summed E-state index contributed by atoms with van der Waals surface area (Å²) in [6, 6.07) is 14.0. The Balaban J connectivity index is 1.62. The first-order chi connectivity index (χ1) is 17.2. The number of nitrogens with one attached hydrogen (secondary N) is 1. The first kappa shape index (κ1) is 25.4. The number of aromatic amines is 1. The summed E-state index contributed by atoms with van der Waals surface area (Å²) in [6.45, 7) is 9.87. The third kappa shape index (κ3) is 5.73. The number of pyridine rings is 1. The van der Waals surface area contributed by atoms with Gasteiger partial charge < -0.3 is 14.5 Å². The maximum absolute atomic E-state index is 13.0. The summed E-state index contributed by atoms with van der Waals surface area (Å²) in [5, 5.41) is 13.4. The molecule has 36 heavy (non-hydrogen) atoms. The van der Waals surface area contributed by atoms with E-state index in [1.165, 1.54) is 0 Å². The Kier molecular flexibility index (Phi) is 7.40. The molecule has 2 aromatic carbocycles. The first-order valence-corrected chi connectivity index (χ1v) is 12.0. The quantitative estimate of drug-likeness (QED) is 0.381. The van der Waals surface area contributed by atoms with Crippen LogP contribution >= 0.6 is 0 Å². The molecule has 0 unspecified atom stereocenters. The van der Waals surface area contributed by atoms with Gasteiger partial charge in [-0.3, -0.25) is 9.69 Å². The van der Waals surface area contributed by atoms with Crippen molar-refractivity contribution < 1.29 is 9.47 Å². The molecule has 9 nitrogen and oxygen atoms in total. The van der Waals surface area contributed by atoms with Crippen LogP contribution in [0.3, 0.4) is 0 Å². The number of tetrazole rings is 1. The van der Waals surface area contributed by atoms with Gasteiger partial charge in [0.05, 0.1) is 26.3 Å². The van der Waals surface area contributed by atoms with Crippen LogP contribution < -0.4 is 15.0 Å². The molecule has 0 saturated heterocycles. The van der Waals surface area contributed by atoms with Crippen LogP contribution in [-0.4, -0.2) is 50.9 Å². The summed E-state index contributed by atoms with van der Waals surface area (Å²) in [4.78, 5) is 18.2. The Bertz CT molecular complexity index is 1400. The standard InChI is InChI=1S/C27H34N6O3/c1-18-7-9-20-15-21(26(34)28-22(20)13-18)16-32(17-25-29-30-31-33(25)27(2,3)4)12-11-19-8-10-23(35-5)24(14-19)36-6/h7-10,13-15H,11-12,16-17H2,1-6H3,(H,28,34). The monoisotopic (exact) mass is 490 g/mol. The van der Waals surface area contributed by atoms with E-state index < -0.39 is 0 Å². The van der Waals surface area contributed by atoms with Crippen LogP contribution in [0.25, 0.3) is 10.9 Å². The fourth-order valence-corrected chi connectivity index (χ4v) is 4.28. The molecular formula is C27H34N6O3. The zero-order chi connectivity index (χ0) is 25.9. The van der Waals surface area contributed by atoms with Crippen LogP contribution in [0.5, 0.6) is 11.5 Å². The molecule has 0 atom stereocenters. The summed E-state index contributed by atoms with van der Waals surface area (Å²) in [5.74, 6) is 2.14. The summed E-state index contributed by atoms with van der Waals surface area (Å²) >= 11 is 0. The van der Waals surface area contributed by atoms with Gasteiger partial charge in [-0.1, -0.05) is 18.2 Å². The molecule has 2 heterocycles. The second-order valence-electron chi connectivity index (χ2n) is 10.0. The van der Waals surface area contributed by atoms with E-state index >= 15 is 0 Å². The largest absolute Gasteiger partial charge is 0.493 e. The number of fused-ring (bicyclic) bond motifs is 1. The molecule has 0 aliphatic heterocycles. The lowest BCUT2D eigenvalue weighted by Crippen LogP contribution is -2.32. The maximum atomic E-state index is 13.0. The summed E-state index contributed by atoms with van der Waals surface area (Å²) in [5.41, 5.74) is 3.42. The minimum Gasteiger partial charge on any atom is -0.493 e. The Labute approximate surface area is 211 Å². The third-order valence-corrected chi connectivity index (χ3v) is 6.17. The van der Waals surface area contributed by atoms with Gasteiger partial charge in [-0.05, 0) is 85.3 Å². The molecule has 0 aliphatic rings. The Hall–Kier alpha value is -3.72. The highest BCUT2D eigenvalue weighted by Gasteiger charge is 2.22. The molecular weight excluding hydrogens is 456 g/mol. The smallest absolute Gasteiger partial charge is 0.252 e. The minimum atomic E-state index is -0.258. The van der Waals surface area contributed by atoms with E-state index in [-0.39, 0.29) is 11.1 Å². The number of nitrogens with zero attached hydrogens (tertiary/aromatic N) is 5. The highest BCUT2D eigenvalue weighted by Crippen LogP contribution is 2.28. The Morgan fingerprint density at radius 2 is 1.78 bits per heavy atom. The SMILES string of the molecule is COc1ccc(CCN(Cc2cc3ccc(C)cc3[nH]c2=O)Cc2nnnn2C(C)(C)C)cc1OC. The molecule has 0 bridgehead atoms. The van der Waals surface area contributed by atoms with E-state index in [1.54, 1.807) is 14.2 Å². The number of aryl methyl sites for hydroxylation is 1. The van der Waals surface area contributed by atoms with Crippen LogP contribution in [-0.2, 0) is 25.0 Å². The lowest BCUT2D eigenvalue weighted by atomic mass is 10.1.